The molecule has 78 valence electrons. The minimum Gasteiger partial charge on any atom is -0.450 e. The topological polar surface area (TPSA) is 51.2 Å². The molecule has 1 unspecified atom stereocenters. The Morgan fingerprint density at radius 3 is 3.00 bits per heavy atom. The average Bonchev–Trinajstić information content (AvgIpc) is 2.52. The molecular formula is C9H14N2O2S. The first kappa shape index (κ1) is 11.0. The molecule has 5 heteroatoms. The van der Waals surface area contributed by atoms with E-state index >= 15 is 0 Å². The van der Waals surface area contributed by atoms with E-state index in [1.54, 1.807) is 6.92 Å². The lowest BCUT2D eigenvalue weighted by Crippen LogP contribution is -2.27. The molecule has 1 amide bonds. The standard InChI is InChI=1S/C9H14N2O2S/c1-4-13-9(12)11-7(3)8-10-6(2)5-14-8/h5,7H,4H2,1-3H3,(H,11,12). The number of aryl methyl sites for hydroxylation is 1. The monoisotopic (exact) mass is 214 g/mol. The minimum absolute atomic E-state index is 0.0900. The Morgan fingerprint density at radius 1 is 1.79 bits per heavy atom. The van der Waals surface area contributed by atoms with Gasteiger partial charge >= 0.3 is 6.09 Å². The summed E-state index contributed by atoms with van der Waals surface area (Å²) in [5.41, 5.74) is 0.975. The van der Waals surface area contributed by atoms with Gasteiger partial charge < -0.3 is 10.1 Å². The molecule has 1 rings (SSSR count). The normalized spacial score (nSPS) is 12.2. The molecule has 1 N–H and O–H groups in total. The smallest absolute Gasteiger partial charge is 0.407 e. The maximum absolute atomic E-state index is 11.1. The van der Waals surface area contributed by atoms with E-state index in [-0.39, 0.29) is 6.04 Å². The van der Waals surface area contributed by atoms with Gasteiger partial charge in [0, 0.05) is 11.1 Å². The molecule has 1 atom stereocenters. The van der Waals surface area contributed by atoms with Crippen molar-refractivity contribution in [2.75, 3.05) is 6.61 Å². The van der Waals surface area contributed by atoms with E-state index in [9.17, 15) is 4.79 Å². The van der Waals surface area contributed by atoms with Crippen molar-refractivity contribution < 1.29 is 9.53 Å². The molecule has 4 nitrogen and oxygen atoms in total. The summed E-state index contributed by atoms with van der Waals surface area (Å²) in [6, 6.07) is -0.0900. The summed E-state index contributed by atoms with van der Waals surface area (Å²) in [5.74, 6) is 0. The molecule has 0 bridgehead atoms. The molecule has 0 saturated heterocycles. The van der Waals surface area contributed by atoms with Gasteiger partial charge in [0.05, 0.1) is 12.6 Å². The number of alkyl carbamates (subject to hydrolysis) is 1. The van der Waals surface area contributed by atoms with Gasteiger partial charge in [0.25, 0.3) is 0 Å². The third-order valence-electron chi connectivity index (χ3n) is 1.62. The first-order valence-corrected chi connectivity index (χ1v) is 5.36. The maximum Gasteiger partial charge on any atom is 0.407 e. The largest absolute Gasteiger partial charge is 0.450 e. The molecule has 0 aliphatic carbocycles. The van der Waals surface area contributed by atoms with E-state index < -0.39 is 6.09 Å². The number of hydrogen-bond acceptors (Lipinski definition) is 4. The van der Waals surface area contributed by atoms with Gasteiger partial charge in [-0.25, -0.2) is 9.78 Å². The highest BCUT2D eigenvalue weighted by atomic mass is 32.1. The van der Waals surface area contributed by atoms with Gasteiger partial charge in [0.2, 0.25) is 0 Å². The van der Waals surface area contributed by atoms with Crippen LogP contribution in [0.15, 0.2) is 5.38 Å². The number of nitrogens with zero attached hydrogens (tertiary/aromatic N) is 1. The van der Waals surface area contributed by atoms with Crippen molar-refractivity contribution in [1.29, 1.82) is 0 Å². The van der Waals surface area contributed by atoms with E-state index in [0.29, 0.717) is 6.61 Å². The summed E-state index contributed by atoms with van der Waals surface area (Å²) in [6.07, 6.45) is -0.396. The molecule has 0 fully saturated rings. The van der Waals surface area contributed by atoms with Gasteiger partial charge in [-0.05, 0) is 20.8 Å². The summed E-state index contributed by atoms with van der Waals surface area (Å²) < 4.78 is 4.77. The van der Waals surface area contributed by atoms with E-state index in [2.05, 4.69) is 10.3 Å². The van der Waals surface area contributed by atoms with Crippen molar-refractivity contribution >= 4 is 17.4 Å². The maximum atomic E-state index is 11.1. The van der Waals surface area contributed by atoms with E-state index in [1.165, 1.54) is 11.3 Å². The molecule has 0 spiro atoms. The lowest BCUT2D eigenvalue weighted by molar-refractivity contribution is 0.149. The van der Waals surface area contributed by atoms with Gasteiger partial charge in [0.15, 0.2) is 0 Å². The van der Waals surface area contributed by atoms with Crippen LogP contribution in [0, 0.1) is 6.92 Å². The van der Waals surface area contributed by atoms with Crippen LogP contribution in [0.25, 0.3) is 0 Å². The SMILES string of the molecule is CCOC(=O)NC(C)c1nc(C)cs1. The Bertz CT molecular complexity index is 312. The zero-order valence-corrected chi connectivity index (χ0v) is 9.35. The summed E-state index contributed by atoms with van der Waals surface area (Å²) in [4.78, 5) is 15.3. The van der Waals surface area contributed by atoms with Crippen LogP contribution >= 0.6 is 11.3 Å². The fourth-order valence-electron chi connectivity index (χ4n) is 0.982. The fourth-order valence-corrected chi connectivity index (χ4v) is 1.79. The first-order chi connectivity index (χ1) is 6.63. The minimum atomic E-state index is -0.396. The molecule has 0 aliphatic rings. The lowest BCUT2D eigenvalue weighted by Gasteiger charge is -2.10. The van der Waals surface area contributed by atoms with Crippen molar-refractivity contribution in [2.24, 2.45) is 0 Å². The molecule has 1 aromatic rings. The van der Waals surface area contributed by atoms with E-state index in [4.69, 9.17) is 4.74 Å². The number of rotatable bonds is 3. The average molecular weight is 214 g/mol. The lowest BCUT2D eigenvalue weighted by atomic mass is 10.3. The van der Waals surface area contributed by atoms with Crippen LogP contribution in [0.2, 0.25) is 0 Å². The summed E-state index contributed by atoms with van der Waals surface area (Å²) in [6.45, 7) is 5.97. The predicted molar refractivity (Wildman–Crippen MR) is 55.4 cm³/mol. The van der Waals surface area contributed by atoms with Gasteiger partial charge in [-0.15, -0.1) is 11.3 Å². The van der Waals surface area contributed by atoms with Gasteiger partial charge in [-0.1, -0.05) is 0 Å². The van der Waals surface area contributed by atoms with Crippen LogP contribution in [-0.2, 0) is 4.74 Å². The predicted octanol–water partition coefficient (Wildman–Crippen LogP) is 2.26. The highest BCUT2D eigenvalue weighted by Crippen LogP contribution is 2.17. The Morgan fingerprint density at radius 2 is 2.50 bits per heavy atom. The van der Waals surface area contributed by atoms with Crippen molar-refractivity contribution in [3.8, 4) is 0 Å². The Balaban J connectivity index is 2.50. The zero-order chi connectivity index (χ0) is 10.6. The number of hydrogen-bond donors (Lipinski definition) is 1. The second kappa shape index (κ2) is 4.95. The van der Waals surface area contributed by atoms with Crippen LogP contribution in [0.3, 0.4) is 0 Å². The first-order valence-electron chi connectivity index (χ1n) is 4.48. The third kappa shape index (κ3) is 2.99. The number of thiazole rings is 1. The fraction of sp³-hybridized carbons (Fsp3) is 0.556. The van der Waals surface area contributed by atoms with Crippen LogP contribution in [0.1, 0.15) is 30.6 Å². The highest BCUT2D eigenvalue weighted by molar-refractivity contribution is 7.09. The molecule has 1 aromatic heterocycles. The summed E-state index contributed by atoms with van der Waals surface area (Å²) in [7, 11) is 0. The van der Waals surface area contributed by atoms with Crippen LogP contribution in [0.5, 0.6) is 0 Å². The molecule has 1 heterocycles. The number of amides is 1. The Hall–Kier alpha value is -1.10. The Kier molecular flexibility index (Phi) is 3.88. The van der Waals surface area contributed by atoms with Crippen molar-refractivity contribution in [1.82, 2.24) is 10.3 Å². The second-order valence-electron chi connectivity index (χ2n) is 2.91. The molecule has 0 aliphatic heterocycles. The van der Waals surface area contributed by atoms with Gasteiger partial charge in [-0.2, -0.15) is 0 Å². The second-order valence-corrected chi connectivity index (χ2v) is 3.80. The quantitative estimate of drug-likeness (QED) is 0.839. The van der Waals surface area contributed by atoms with Crippen molar-refractivity contribution in [3.63, 3.8) is 0 Å². The number of ether oxygens (including phenoxy) is 1. The molecular weight excluding hydrogens is 200 g/mol. The van der Waals surface area contributed by atoms with Gasteiger partial charge in [-0.3, -0.25) is 0 Å². The molecule has 14 heavy (non-hydrogen) atoms. The van der Waals surface area contributed by atoms with Crippen LogP contribution < -0.4 is 5.32 Å². The Labute approximate surface area is 87.3 Å². The van der Waals surface area contributed by atoms with Crippen molar-refractivity contribution in [3.05, 3.63) is 16.1 Å². The molecule has 0 radical (unpaired) electrons. The van der Waals surface area contributed by atoms with Gasteiger partial charge in [0.1, 0.15) is 5.01 Å². The number of carbonyl (C=O) groups excluding carboxylic acids is 1. The van der Waals surface area contributed by atoms with Crippen LogP contribution in [0.4, 0.5) is 4.79 Å². The number of carbonyl (C=O) groups is 1. The molecule has 0 saturated carbocycles. The van der Waals surface area contributed by atoms with E-state index in [0.717, 1.165) is 10.7 Å². The van der Waals surface area contributed by atoms with Crippen molar-refractivity contribution in [2.45, 2.75) is 26.8 Å². The number of nitrogens with one attached hydrogen (secondary N) is 1. The third-order valence-corrected chi connectivity index (χ3v) is 2.76. The summed E-state index contributed by atoms with van der Waals surface area (Å²) in [5, 5.41) is 5.55. The molecule has 0 aromatic carbocycles. The van der Waals surface area contributed by atoms with E-state index in [1.807, 2.05) is 19.2 Å². The summed E-state index contributed by atoms with van der Waals surface area (Å²) >= 11 is 1.54. The highest BCUT2D eigenvalue weighted by Gasteiger charge is 2.12. The number of aromatic nitrogens is 1. The van der Waals surface area contributed by atoms with Crippen LogP contribution in [-0.4, -0.2) is 17.7 Å². The zero-order valence-electron chi connectivity index (χ0n) is 8.53.